The molecule has 2 N–H and O–H groups in total. The summed E-state index contributed by atoms with van der Waals surface area (Å²) in [4.78, 5) is 22.2. The van der Waals surface area contributed by atoms with E-state index in [1.54, 1.807) is 6.92 Å². The van der Waals surface area contributed by atoms with E-state index in [2.05, 4.69) is 11.2 Å². The smallest absolute Gasteiger partial charge is 0.309 e. The van der Waals surface area contributed by atoms with Crippen LogP contribution in [0, 0.1) is 17.8 Å². The summed E-state index contributed by atoms with van der Waals surface area (Å²) in [5.74, 6) is 1.16. The van der Waals surface area contributed by atoms with Crippen LogP contribution >= 0.6 is 0 Å². The van der Waals surface area contributed by atoms with E-state index >= 15 is 0 Å². The molecular weight excluding hydrogens is 194 g/mol. The van der Waals surface area contributed by atoms with E-state index < -0.39 is 11.4 Å². The van der Waals surface area contributed by atoms with Gasteiger partial charge in [-0.2, -0.15) is 0 Å². The summed E-state index contributed by atoms with van der Waals surface area (Å²) in [7, 11) is 0. The molecule has 0 aromatic rings. The van der Waals surface area contributed by atoms with E-state index in [1.165, 1.54) is 13.8 Å². The van der Waals surface area contributed by atoms with Gasteiger partial charge >= 0.3 is 5.97 Å². The van der Waals surface area contributed by atoms with Gasteiger partial charge in [0.2, 0.25) is 5.91 Å². The van der Waals surface area contributed by atoms with Gasteiger partial charge in [-0.05, 0) is 20.8 Å². The van der Waals surface area contributed by atoms with Crippen molar-refractivity contribution < 1.29 is 14.7 Å². The number of hydrogen-bond donors (Lipinski definition) is 2. The topological polar surface area (TPSA) is 66.4 Å². The van der Waals surface area contributed by atoms with Crippen LogP contribution in [0.4, 0.5) is 0 Å². The van der Waals surface area contributed by atoms with Gasteiger partial charge in [0, 0.05) is 18.9 Å². The zero-order chi connectivity index (χ0) is 12.1. The van der Waals surface area contributed by atoms with Crippen LogP contribution in [-0.4, -0.2) is 23.0 Å². The van der Waals surface area contributed by atoms with E-state index in [0.717, 1.165) is 0 Å². The first-order chi connectivity index (χ1) is 6.79. The normalized spacial score (nSPS) is 12.7. The molecule has 1 atom stereocenters. The minimum Gasteiger partial charge on any atom is -0.481 e. The average molecular weight is 211 g/mol. The summed E-state index contributed by atoms with van der Waals surface area (Å²) in [6.07, 6.45) is 5.48. The fourth-order valence-corrected chi connectivity index (χ4v) is 1.03. The molecule has 0 aliphatic carbocycles. The minimum atomic E-state index is -1.04. The highest BCUT2D eigenvalue weighted by Crippen LogP contribution is 2.20. The molecule has 0 heterocycles. The average Bonchev–Trinajstić information content (AvgIpc) is 2.02. The quantitative estimate of drug-likeness (QED) is 0.667. The Kier molecular flexibility index (Phi) is 4.86. The van der Waals surface area contributed by atoms with Gasteiger partial charge in [0.05, 0.1) is 5.41 Å². The van der Waals surface area contributed by atoms with Crippen molar-refractivity contribution in [2.45, 2.75) is 39.7 Å². The molecule has 0 aliphatic rings. The van der Waals surface area contributed by atoms with E-state index in [4.69, 9.17) is 11.5 Å². The number of amides is 1. The molecule has 1 unspecified atom stereocenters. The number of nitrogens with one attached hydrogen (secondary N) is 1. The molecule has 1 amide bonds. The second-order valence-electron chi connectivity index (χ2n) is 4.24. The van der Waals surface area contributed by atoms with Crippen molar-refractivity contribution in [3.05, 3.63) is 0 Å². The third-order valence-corrected chi connectivity index (χ3v) is 2.01. The first-order valence-electron chi connectivity index (χ1n) is 4.76. The van der Waals surface area contributed by atoms with E-state index in [9.17, 15) is 9.59 Å². The van der Waals surface area contributed by atoms with Crippen molar-refractivity contribution in [2.75, 3.05) is 0 Å². The van der Waals surface area contributed by atoms with Gasteiger partial charge in [0.15, 0.2) is 0 Å². The van der Waals surface area contributed by atoms with Crippen LogP contribution in [0.15, 0.2) is 0 Å². The van der Waals surface area contributed by atoms with Crippen LogP contribution in [0.3, 0.4) is 0 Å². The summed E-state index contributed by atoms with van der Waals surface area (Å²) in [5.41, 5.74) is -1.04. The van der Waals surface area contributed by atoms with Gasteiger partial charge in [-0.15, -0.1) is 12.3 Å². The SMILES string of the molecule is C#CCC(C)NC(=O)CC(C)(C)C(=O)O. The summed E-state index contributed by atoms with van der Waals surface area (Å²) in [6.45, 7) is 4.81. The predicted octanol–water partition coefficient (Wildman–Crippen LogP) is 1.02. The van der Waals surface area contributed by atoms with Gasteiger partial charge < -0.3 is 10.4 Å². The molecule has 0 saturated heterocycles. The van der Waals surface area contributed by atoms with Gasteiger partial charge in [-0.25, -0.2) is 0 Å². The maximum absolute atomic E-state index is 11.4. The zero-order valence-corrected chi connectivity index (χ0v) is 9.33. The van der Waals surface area contributed by atoms with Crippen molar-refractivity contribution in [1.29, 1.82) is 0 Å². The molecule has 0 radical (unpaired) electrons. The van der Waals surface area contributed by atoms with Crippen LogP contribution in [-0.2, 0) is 9.59 Å². The number of carboxylic acid groups (broad SMARTS) is 1. The van der Waals surface area contributed by atoms with Crippen molar-refractivity contribution in [3.63, 3.8) is 0 Å². The number of aliphatic carboxylic acids is 1. The van der Waals surface area contributed by atoms with Gasteiger partial charge in [-0.1, -0.05) is 0 Å². The Hall–Kier alpha value is -1.50. The van der Waals surface area contributed by atoms with Crippen LogP contribution in [0.25, 0.3) is 0 Å². The Morgan fingerprint density at radius 1 is 1.53 bits per heavy atom. The number of hydrogen-bond acceptors (Lipinski definition) is 2. The molecule has 4 nitrogen and oxygen atoms in total. The fourth-order valence-electron chi connectivity index (χ4n) is 1.03. The van der Waals surface area contributed by atoms with Gasteiger partial charge in [-0.3, -0.25) is 9.59 Å². The van der Waals surface area contributed by atoms with Crippen molar-refractivity contribution >= 4 is 11.9 Å². The molecule has 0 aromatic carbocycles. The number of carboxylic acids is 1. The zero-order valence-electron chi connectivity index (χ0n) is 9.33. The maximum Gasteiger partial charge on any atom is 0.309 e. The Labute approximate surface area is 90.1 Å². The molecule has 4 heteroatoms. The van der Waals surface area contributed by atoms with Crippen LogP contribution in [0.1, 0.15) is 33.6 Å². The largest absolute Gasteiger partial charge is 0.481 e. The molecule has 0 aromatic heterocycles. The summed E-state index contributed by atoms with van der Waals surface area (Å²) >= 11 is 0. The lowest BCUT2D eigenvalue weighted by Crippen LogP contribution is -2.37. The fraction of sp³-hybridized carbons (Fsp3) is 0.636. The van der Waals surface area contributed by atoms with Crippen LogP contribution in [0.2, 0.25) is 0 Å². The van der Waals surface area contributed by atoms with Crippen LogP contribution < -0.4 is 5.32 Å². The second-order valence-corrected chi connectivity index (χ2v) is 4.24. The molecule has 0 aliphatic heterocycles. The van der Waals surface area contributed by atoms with Gasteiger partial charge in [0.25, 0.3) is 0 Å². The third kappa shape index (κ3) is 5.06. The Balaban J connectivity index is 4.16. The van der Waals surface area contributed by atoms with E-state index in [0.29, 0.717) is 6.42 Å². The second kappa shape index (κ2) is 5.40. The summed E-state index contributed by atoms with van der Waals surface area (Å²) in [6, 6.07) is -0.118. The lowest BCUT2D eigenvalue weighted by atomic mass is 9.89. The molecule has 84 valence electrons. The number of terminal acetylenes is 1. The Morgan fingerprint density at radius 2 is 2.07 bits per heavy atom. The van der Waals surface area contributed by atoms with E-state index in [-0.39, 0.29) is 18.4 Å². The maximum atomic E-state index is 11.4. The third-order valence-electron chi connectivity index (χ3n) is 2.01. The standard InChI is InChI=1S/C11H17NO3/c1-5-6-8(2)12-9(13)7-11(3,4)10(14)15/h1,8H,6-7H2,2-4H3,(H,12,13)(H,14,15). The first-order valence-corrected chi connectivity index (χ1v) is 4.76. The highest BCUT2D eigenvalue weighted by Gasteiger charge is 2.30. The number of rotatable bonds is 5. The monoisotopic (exact) mass is 211 g/mol. The Morgan fingerprint density at radius 3 is 2.47 bits per heavy atom. The molecule has 0 rings (SSSR count). The number of carbonyl (C=O) groups excluding carboxylic acids is 1. The molecule has 0 bridgehead atoms. The lowest BCUT2D eigenvalue weighted by Gasteiger charge is -2.19. The van der Waals surface area contributed by atoms with Gasteiger partial charge in [0.1, 0.15) is 0 Å². The van der Waals surface area contributed by atoms with Crippen molar-refractivity contribution in [2.24, 2.45) is 5.41 Å². The highest BCUT2D eigenvalue weighted by molar-refractivity contribution is 5.84. The van der Waals surface area contributed by atoms with Crippen molar-refractivity contribution in [1.82, 2.24) is 5.32 Å². The Bertz CT molecular complexity index is 289. The summed E-state index contributed by atoms with van der Waals surface area (Å²) < 4.78 is 0. The molecular formula is C11H17NO3. The number of carbonyl (C=O) groups is 2. The minimum absolute atomic E-state index is 0.0444. The molecule has 15 heavy (non-hydrogen) atoms. The van der Waals surface area contributed by atoms with Crippen LogP contribution in [0.5, 0.6) is 0 Å². The van der Waals surface area contributed by atoms with Crippen molar-refractivity contribution in [3.8, 4) is 12.3 Å². The predicted molar refractivity (Wildman–Crippen MR) is 57.1 cm³/mol. The van der Waals surface area contributed by atoms with E-state index in [1.807, 2.05) is 0 Å². The summed E-state index contributed by atoms with van der Waals surface area (Å²) in [5, 5.41) is 11.5. The highest BCUT2D eigenvalue weighted by atomic mass is 16.4. The molecule has 0 saturated carbocycles. The molecule has 0 spiro atoms. The first kappa shape index (κ1) is 13.5. The molecule has 0 fully saturated rings. The lowest BCUT2D eigenvalue weighted by molar-refractivity contribution is -0.149.